The second kappa shape index (κ2) is 4.58. The summed E-state index contributed by atoms with van der Waals surface area (Å²) in [5, 5.41) is 16.7. The molecule has 0 aromatic carbocycles. The first kappa shape index (κ1) is 12.6. The van der Waals surface area contributed by atoms with Crippen LogP contribution in [-0.4, -0.2) is 60.2 Å². The van der Waals surface area contributed by atoms with Crippen molar-refractivity contribution in [3.05, 3.63) is 12.2 Å². The van der Waals surface area contributed by atoms with Crippen molar-refractivity contribution in [1.29, 1.82) is 0 Å². The Morgan fingerprint density at radius 1 is 1.35 bits per heavy atom. The van der Waals surface area contributed by atoms with E-state index < -0.39 is 18.0 Å². The second-order valence-electron chi connectivity index (χ2n) is 4.80. The van der Waals surface area contributed by atoms with Gasteiger partial charge in [0, 0.05) is 19.5 Å². The Bertz CT molecular complexity index is 583. The van der Waals surface area contributed by atoms with E-state index >= 15 is 0 Å². The van der Waals surface area contributed by atoms with Crippen LogP contribution in [-0.2, 0) is 22.7 Å². The third-order valence-electron chi connectivity index (χ3n) is 3.65. The van der Waals surface area contributed by atoms with E-state index in [1.807, 2.05) is 4.57 Å². The quantitative estimate of drug-likeness (QED) is 0.727. The van der Waals surface area contributed by atoms with Crippen molar-refractivity contribution in [3.8, 4) is 0 Å². The minimum Gasteiger partial charge on any atom is -0.465 e. The zero-order chi connectivity index (χ0) is 14.3. The fourth-order valence-electron chi connectivity index (χ4n) is 2.62. The molecule has 3 amide bonds. The van der Waals surface area contributed by atoms with E-state index in [4.69, 9.17) is 5.11 Å². The van der Waals surface area contributed by atoms with Crippen molar-refractivity contribution in [1.82, 2.24) is 24.6 Å². The number of hydrogen-bond acceptors (Lipinski definition) is 5. The highest BCUT2D eigenvalue weighted by Crippen LogP contribution is 2.22. The van der Waals surface area contributed by atoms with Crippen molar-refractivity contribution >= 4 is 17.9 Å². The number of fused-ring (bicyclic) bond motifs is 1. The smallest absolute Gasteiger partial charge is 0.414 e. The normalized spacial score (nSPS) is 22.0. The van der Waals surface area contributed by atoms with Gasteiger partial charge in [-0.1, -0.05) is 0 Å². The van der Waals surface area contributed by atoms with E-state index in [1.165, 1.54) is 4.90 Å². The minimum absolute atomic E-state index is 0.0900. The molecule has 1 fully saturated rings. The number of imide groups is 1. The van der Waals surface area contributed by atoms with Gasteiger partial charge in [-0.15, -0.1) is 10.2 Å². The van der Waals surface area contributed by atoms with Crippen molar-refractivity contribution < 1.29 is 19.5 Å². The molecule has 0 bridgehead atoms. The van der Waals surface area contributed by atoms with Gasteiger partial charge in [-0.3, -0.25) is 9.59 Å². The van der Waals surface area contributed by atoms with Crippen LogP contribution in [0.4, 0.5) is 4.79 Å². The lowest BCUT2D eigenvalue weighted by Crippen LogP contribution is -2.50. The zero-order valence-corrected chi connectivity index (χ0v) is 10.6. The predicted octanol–water partition coefficient (Wildman–Crippen LogP) is -0.711. The summed E-state index contributed by atoms with van der Waals surface area (Å²) < 4.78 is 1.85. The van der Waals surface area contributed by atoms with E-state index in [0.29, 0.717) is 23.8 Å². The van der Waals surface area contributed by atoms with E-state index in [9.17, 15) is 14.4 Å². The second-order valence-corrected chi connectivity index (χ2v) is 4.80. The van der Waals surface area contributed by atoms with Crippen LogP contribution in [0.3, 0.4) is 0 Å². The van der Waals surface area contributed by atoms with Gasteiger partial charge in [-0.2, -0.15) is 0 Å². The lowest BCUT2D eigenvalue weighted by Gasteiger charge is -2.30. The van der Waals surface area contributed by atoms with Gasteiger partial charge in [0.2, 0.25) is 11.8 Å². The van der Waals surface area contributed by atoms with E-state index in [0.717, 1.165) is 0 Å². The van der Waals surface area contributed by atoms with Gasteiger partial charge in [-0.25, -0.2) is 9.69 Å². The number of carboxylic acid groups (broad SMARTS) is 1. The number of amides is 3. The number of aromatic nitrogens is 3. The van der Waals surface area contributed by atoms with Gasteiger partial charge >= 0.3 is 6.09 Å². The number of rotatable bonds is 1. The summed E-state index contributed by atoms with van der Waals surface area (Å²) in [7, 11) is 0. The van der Waals surface area contributed by atoms with E-state index in [2.05, 4.69) is 10.2 Å². The van der Waals surface area contributed by atoms with Gasteiger partial charge in [0.25, 0.3) is 0 Å². The molecule has 1 aromatic rings. The molecule has 1 saturated heterocycles. The predicted molar refractivity (Wildman–Crippen MR) is 63.3 cm³/mol. The van der Waals surface area contributed by atoms with Gasteiger partial charge in [0.1, 0.15) is 12.4 Å². The fourth-order valence-corrected chi connectivity index (χ4v) is 2.62. The van der Waals surface area contributed by atoms with Crippen LogP contribution in [0, 0.1) is 0 Å². The van der Waals surface area contributed by atoms with Crippen molar-refractivity contribution in [2.24, 2.45) is 0 Å². The lowest BCUT2D eigenvalue weighted by atomic mass is 10.2. The minimum atomic E-state index is -1.37. The Labute approximate surface area is 113 Å². The summed E-state index contributed by atoms with van der Waals surface area (Å²) >= 11 is 0. The molecule has 1 aromatic heterocycles. The Hall–Kier alpha value is -2.45. The van der Waals surface area contributed by atoms with Crippen LogP contribution in [0.15, 0.2) is 6.33 Å². The fraction of sp³-hybridized carbons (Fsp3) is 0.545. The monoisotopic (exact) mass is 279 g/mol. The standard InChI is InChI=1S/C11H13N5O4/c17-9-2-1-7(16(9)11(19)20)10(18)14-3-4-15-6-12-13-8(15)5-14/h6-7H,1-5H2,(H,19,20)/t7-/m0/s1. The first-order chi connectivity index (χ1) is 9.58. The maximum atomic E-state index is 12.4. The zero-order valence-electron chi connectivity index (χ0n) is 10.6. The van der Waals surface area contributed by atoms with Gasteiger partial charge in [0.05, 0.1) is 6.54 Å². The molecule has 106 valence electrons. The first-order valence-corrected chi connectivity index (χ1v) is 6.28. The maximum absolute atomic E-state index is 12.4. The maximum Gasteiger partial charge on any atom is 0.414 e. The molecule has 3 rings (SSSR count). The van der Waals surface area contributed by atoms with Crippen molar-refractivity contribution in [2.75, 3.05) is 6.54 Å². The summed E-state index contributed by atoms with van der Waals surface area (Å²) in [6.45, 7) is 1.32. The van der Waals surface area contributed by atoms with E-state index in [-0.39, 0.29) is 25.3 Å². The number of carbonyl (C=O) groups excluding carboxylic acids is 2. The highest BCUT2D eigenvalue weighted by Gasteiger charge is 2.42. The number of nitrogens with zero attached hydrogens (tertiary/aromatic N) is 5. The molecule has 0 radical (unpaired) electrons. The van der Waals surface area contributed by atoms with Crippen LogP contribution < -0.4 is 0 Å². The molecule has 9 nitrogen and oxygen atoms in total. The van der Waals surface area contributed by atoms with Crippen LogP contribution in [0.1, 0.15) is 18.7 Å². The average Bonchev–Trinajstić information content (AvgIpc) is 3.02. The summed E-state index contributed by atoms with van der Waals surface area (Å²) in [5.74, 6) is -0.195. The molecule has 1 N–H and O–H groups in total. The molecule has 20 heavy (non-hydrogen) atoms. The Morgan fingerprint density at radius 2 is 2.15 bits per heavy atom. The van der Waals surface area contributed by atoms with Crippen LogP contribution in [0.2, 0.25) is 0 Å². The first-order valence-electron chi connectivity index (χ1n) is 6.28. The summed E-state index contributed by atoms with van der Waals surface area (Å²) in [6, 6.07) is -0.908. The highest BCUT2D eigenvalue weighted by atomic mass is 16.4. The number of likely N-dealkylation sites (tertiary alicyclic amines) is 1. The Morgan fingerprint density at radius 3 is 2.90 bits per heavy atom. The molecular formula is C11H13N5O4. The average molecular weight is 279 g/mol. The Kier molecular flexibility index (Phi) is 2.88. The van der Waals surface area contributed by atoms with E-state index in [1.54, 1.807) is 6.33 Å². The molecule has 2 aliphatic rings. The van der Waals surface area contributed by atoms with Crippen LogP contribution >= 0.6 is 0 Å². The largest absolute Gasteiger partial charge is 0.465 e. The molecule has 9 heteroatoms. The highest BCUT2D eigenvalue weighted by molar-refractivity contribution is 6.00. The van der Waals surface area contributed by atoms with Crippen molar-refractivity contribution in [3.63, 3.8) is 0 Å². The molecule has 0 saturated carbocycles. The summed E-state index contributed by atoms with van der Waals surface area (Å²) in [4.78, 5) is 37.2. The molecule has 0 aliphatic carbocycles. The van der Waals surface area contributed by atoms with Crippen LogP contribution in [0.5, 0.6) is 0 Å². The van der Waals surface area contributed by atoms with Gasteiger partial charge in [-0.05, 0) is 6.42 Å². The lowest BCUT2D eigenvalue weighted by molar-refractivity contribution is -0.141. The molecule has 3 heterocycles. The SMILES string of the molecule is O=C([C@@H]1CCC(=O)N1C(=O)O)N1CCn2cnnc2C1. The van der Waals surface area contributed by atoms with Crippen molar-refractivity contribution in [2.45, 2.75) is 32.0 Å². The molecular weight excluding hydrogens is 266 g/mol. The van der Waals surface area contributed by atoms with Gasteiger partial charge in [0.15, 0.2) is 5.82 Å². The molecule has 0 unspecified atom stereocenters. The summed E-state index contributed by atoms with van der Waals surface area (Å²) in [6.07, 6.45) is 0.561. The molecule has 1 atom stereocenters. The Balaban J connectivity index is 1.77. The topological polar surface area (TPSA) is 109 Å². The third-order valence-corrected chi connectivity index (χ3v) is 3.65. The summed E-state index contributed by atoms with van der Waals surface area (Å²) in [5.41, 5.74) is 0. The third kappa shape index (κ3) is 1.91. The molecule has 2 aliphatic heterocycles. The molecule has 0 spiro atoms. The number of carbonyl (C=O) groups is 3. The van der Waals surface area contributed by atoms with Gasteiger partial charge < -0.3 is 14.6 Å². The number of hydrogen-bond donors (Lipinski definition) is 1. The van der Waals surface area contributed by atoms with Crippen LogP contribution in [0.25, 0.3) is 0 Å².